The number of fused-ring (bicyclic) bond motifs is 1. The van der Waals surface area contributed by atoms with Crippen LogP contribution in [-0.4, -0.2) is 20.9 Å². The van der Waals surface area contributed by atoms with Gasteiger partial charge in [-0.2, -0.15) is 0 Å². The molecular formula is C14H11ClN4OS. The van der Waals surface area contributed by atoms with Gasteiger partial charge >= 0.3 is 0 Å². The number of hydrogen-bond donors (Lipinski definition) is 1. The Kier molecular flexibility index (Phi) is 3.81. The molecule has 0 fully saturated rings. The number of halogens is 1. The highest BCUT2D eigenvalue weighted by molar-refractivity contribution is 7.17. The average molecular weight is 319 g/mol. The van der Waals surface area contributed by atoms with Crippen molar-refractivity contribution in [2.24, 2.45) is 0 Å². The summed E-state index contributed by atoms with van der Waals surface area (Å²) in [5.41, 5.74) is 1.91. The van der Waals surface area contributed by atoms with Gasteiger partial charge in [0.15, 0.2) is 5.69 Å². The van der Waals surface area contributed by atoms with Gasteiger partial charge in [-0.25, -0.2) is 9.97 Å². The molecule has 7 heteroatoms. The number of rotatable bonds is 3. The van der Waals surface area contributed by atoms with Crippen molar-refractivity contribution in [3.8, 4) is 0 Å². The first-order valence-corrected chi connectivity index (χ1v) is 7.52. The number of hydrogen-bond acceptors (Lipinski definition) is 5. The number of thiophene rings is 1. The normalized spacial score (nSPS) is 12.3. The van der Waals surface area contributed by atoms with Gasteiger partial charge in [-0.3, -0.25) is 9.78 Å². The lowest BCUT2D eigenvalue weighted by Gasteiger charge is -2.13. The first-order valence-electron chi connectivity index (χ1n) is 6.26. The molecule has 1 atom stereocenters. The minimum Gasteiger partial charge on any atom is -0.344 e. The molecule has 0 bridgehead atoms. The predicted octanol–water partition coefficient (Wildman–Crippen LogP) is 3.23. The summed E-state index contributed by atoms with van der Waals surface area (Å²) >= 11 is 7.29. The second-order valence-electron chi connectivity index (χ2n) is 4.46. The number of carbonyl (C=O) groups excluding carboxylic acids is 1. The molecule has 3 heterocycles. The van der Waals surface area contributed by atoms with Gasteiger partial charge in [0.1, 0.15) is 0 Å². The molecule has 1 amide bonds. The van der Waals surface area contributed by atoms with Gasteiger partial charge in [0.2, 0.25) is 5.28 Å². The van der Waals surface area contributed by atoms with Crippen LogP contribution >= 0.6 is 22.9 Å². The van der Waals surface area contributed by atoms with E-state index < -0.39 is 0 Å². The first kappa shape index (κ1) is 13.9. The highest BCUT2D eigenvalue weighted by Gasteiger charge is 2.18. The molecule has 0 aliphatic heterocycles. The lowest BCUT2D eigenvalue weighted by atomic mass is 10.1. The van der Waals surface area contributed by atoms with E-state index in [-0.39, 0.29) is 17.2 Å². The van der Waals surface area contributed by atoms with Crippen molar-refractivity contribution in [1.29, 1.82) is 0 Å². The Balaban J connectivity index is 1.89. The molecule has 0 saturated heterocycles. The molecule has 0 aliphatic carbocycles. The summed E-state index contributed by atoms with van der Waals surface area (Å²) in [5, 5.41) is 4.83. The first-order chi connectivity index (χ1) is 10.1. The maximum Gasteiger partial charge on any atom is 0.272 e. The maximum atomic E-state index is 12.4. The van der Waals surface area contributed by atoms with Crippen molar-refractivity contribution >= 4 is 39.1 Å². The Bertz CT molecular complexity index is 790. The number of carbonyl (C=O) groups is 1. The van der Waals surface area contributed by atoms with Gasteiger partial charge < -0.3 is 5.32 Å². The van der Waals surface area contributed by atoms with Crippen LogP contribution in [0.5, 0.6) is 0 Å². The third-order valence-electron chi connectivity index (χ3n) is 3.02. The van der Waals surface area contributed by atoms with Crippen LogP contribution in [0.1, 0.15) is 29.0 Å². The van der Waals surface area contributed by atoms with Crippen LogP contribution in [0.15, 0.2) is 36.0 Å². The minimum absolute atomic E-state index is 0.0695. The smallest absolute Gasteiger partial charge is 0.272 e. The van der Waals surface area contributed by atoms with Crippen molar-refractivity contribution in [1.82, 2.24) is 20.3 Å². The molecule has 3 aromatic heterocycles. The monoisotopic (exact) mass is 318 g/mol. The van der Waals surface area contributed by atoms with Crippen molar-refractivity contribution in [3.63, 3.8) is 0 Å². The second kappa shape index (κ2) is 5.75. The van der Waals surface area contributed by atoms with Gasteiger partial charge in [0.25, 0.3) is 5.91 Å². The summed E-state index contributed by atoms with van der Waals surface area (Å²) in [6.07, 6.45) is 3.41. The van der Waals surface area contributed by atoms with Gasteiger partial charge in [-0.05, 0) is 41.6 Å². The number of aromatic nitrogens is 3. The minimum atomic E-state index is -0.275. The van der Waals surface area contributed by atoms with E-state index in [2.05, 4.69) is 20.3 Å². The molecule has 3 rings (SSSR count). The SMILES string of the molecule is CC(NC(=O)c1nc(Cl)nc2ccsc12)c1cccnc1. The van der Waals surface area contributed by atoms with E-state index in [9.17, 15) is 4.79 Å². The van der Waals surface area contributed by atoms with Gasteiger partial charge in [-0.15, -0.1) is 11.3 Å². The summed E-state index contributed by atoms with van der Waals surface area (Å²) in [6.45, 7) is 1.89. The lowest BCUT2D eigenvalue weighted by Crippen LogP contribution is -2.27. The van der Waals surface area contributed by atoms with E-state index in [0.717, 1.165) is 10.3 Å². The second-order valence-corrected chi connectivity index (χ2v) is 5.71. The highest BCUT2D eigenvalue weighted by Crippen LogP contribution is 2.24. The Morgan fingerprint density at radius 3 is 3.00 bits per heavy atom. The van der Waals surface area contributed by atoms with Crippen molar-refractivity contribution in [3.05, 3.63) is 52.5 Å². The molecule has 1 N–H and O–H groups in total. The van der Waals surface area contributed by atoms with Crippen LogP contribution in [0, 0.1) is 0 Å². The predicted molar refractivity (Wildman–Crippen MR) is 82.5 cm³/mol. The van der Waals surface area contributed by atoms with Gasteiger partial charge in [0.05, 0.1) is 16.3 Å². The molecule has 21 heavy (non-hydrogen) atoms. The summed E-state index contributed by atoms with van der Waals surface area (Å²) in [4.78, 5) is 24.6. The zero-order valence-electron chi connectivity index (χ0n) is 11.1. The van der Waals surface area contributed by atoms with Crippen LogP contribution in [0.4, 0.5) is 0 Å². The van der Waals surface area contributed by atoms with E-state index in [1.807, 2.05) is 30.5 Å². The number of nitrogens with zero attached hydrogens (tertiary/aromatic N) is 3. The van der Waals surface area contributed by atoms with Crippen LogP contribution in [0.3, 0.4) is 0 Å². The maximum absolute atomic E-state index is 12.4. The molecule has 0 saturated carbocycles. The Labute approximate surface area is 130 Å². The van der Waals surface area contributed by atoms with E-state index in [0.29, 0.717) is 11.2 Å². The Morgan fingerprint density at radius 2 is 2.24 bits per heavy atom. The van der Waals surface area contributed by atoms with Crippen LogP contribution in [0.2, 0.25) is 5.28 Å². The third kappa shape index (κ3) is 2.86. The summed E-state index contributed by atoms with van der Waals surface area (Å²) in [7, 11) is 0. The Hall–Kier alpha value is -2.05. The standard InChI is InChI=1S/C14H11ClN4OS/c1-8(9-3-2-5-16-7-9)17-13(20)11-12-10(4-6-21-12)18-14(15)19-11/h2-8H,1H3,(H,17,20). The molecule has 0 radical (unpaired) electrons. The van der Waals surface area contributed by atoms with Crippen molar-refractivity contribution in [2.75, 3.05) is 0 Å². The highest BCUT2D eigenvalue weighted by atomic mass is 35.5. The zero-order valence-corrected chi connectivity index (χ0v) is 12.6. The van der Waals surface area contributed by atoms with Crippen LogP contribution in [0.25, 0.3) is 10.2 Å². The Morgan fingerprint density at radius 1 is 1.38 bits per heavy atom. The molecule has 0 aliphatic rings. The number of nitrogens with one attached hydrogen (secondary N) is 1. The third-order valence-corrected chi connectivity index (χ3v) is 4.10. The topological polar surface area (TPSA) is 67.8 Å². The zero-order chi connectivity index (χ0) is 14.8. The number of pyridine rings is 1. The summed E-state index contributed by atoms with van der Waals surface area (Å²) < 4.78 is 0.732. The van der Waals surface area contributed by atoms with Crippen LogP contribution < -0.4 is 5.32 Å². The fourth-order valence-electron chi connectivity index (χ4n) is 1.97. The largest absolute Gasteiger partial charge is 0.344 e. The molecule has 0 spiro atoms. The molecule has 3 aromatic rings. The summed E-state index contributed by atoms with van der Waals surface area (Å²) in [5.74, 6) is -0.275. The fourth-order valence-corrected chi connectivity index (χ4v) is 2.96. The molecule has 0 aromatic carbocycles. The average Bonchev–Trinajstić information content (AvgIpc) is 2.95. The number of amides is 1. The van der Waals surface area contributed by atoms with Crippen molar-refractivity contribution in [2.45, 2.75) is 13.0 Å². The molecule has 1 unspecified atom stereocenters. The van der Waals surface area contributed by atoms with Gasteiger partial charge in [-0.1, -0.05) is 6.07 Å². The fraction of sp³-hybridized carbons (Fsp3) is 0.143. The lowest BCUT2D eigenvalue weighted by molar-refractivity contribution is 0.0936. The molecular weight excluding hydrogens is 308 g/mol. The van der Waals surface area contributed by atoms with E-state index in [4.69, 9.17) is 11.6 Å². The molecule has 106 valence electrons. The van der Waals surface area contributed by atoms with E-state index >= 15 is 0 Å². The summed E-state index contributed by atoms with van der Waals surface area (Å²) in [6, 6.07) is 5.38. The van der Waals surface area contributed by atoms with E-state index in [1.54, 1.807) is 12.4 Å². The molecule has 5 nitrogen and oxygen atoms in total. The quantitative estimate of drug-likeness (QED) is 0.753. The van der Waals surface area contributed by atoms with Crippen molar-refractivity contribution < 1.29 is 4.79 Å². The van der Waals surface area contributed by atoms with Gasteiger partial charge in [0, 0.05) is 12.4 Å². The van der Waals surface area contributed by atoms with Crippen LogP contribution in [-0.2, 0) is 0 Å². The van der Waals surface area contributed by atoms with E-state index in [1.165, 1.54) is 11.3 Å².